The van der Waals surface area contributed by atoms with Crippen molar-refractivity contribution in [3.05, 3.63) is 59.7 Å². The number of benzene rings is 1. The van der Waals surface area contributed by atoms with Crippen LogP contribution in [0.2, 0.25) is 0 Å². The van der Waals surface area contributed by atoms with Crippen LogP contribution in [0.25, 0.3) is 0 Å². The van der Waals surface area contributed by atoms with Crippen molar-refractivity contribution in [2.24, 2.45) is 5.92 Å². The van der Waals surface area contributed by atoms with Gasteiger partial charge in [0.2, 0.25) is 11.6 Å². The van der Waals surface area contributed by atoms with Crippen LogP contribution in [0.1, 0.15) is 21.8 Å². The molecule has 2 atom stereocenters. The Balaban J connectivity index is 2.23. The zero-order chi connectivity index (χ0) is 11.1. The molecule has 3 rings (SSSR count). The highest BCUT2D eigenvalue weighted by atomic mass is 16.2. The molecule has 2 heteroatoms. The van der Waals surface area contributed by atoms with Gasteiger partial charge in [0.25, 0.3) is 0 Å². The normalized spacial score (nSPS) is 26.5. The number of carbonyl (C=O) groups excluding carboxylic acids is 2. The molecule has 2 nitrogen and oxygen atoms in total. The first-order valence-electron chi connectivity index (χ1n) is 5.31. The van der Waals surface area contributed by atoms with Gasteiger partial charge < -0.3 is 0 Å². The fourth-order valence-corrected chi connectivity index (χ4v) is 2.43. The van der Waals surface area contributed by atoms with Crippen molar-refractivity contribution in [2.45, 2.75) is 5.92 Å². The van der Waals surface area contributed by atoms with Crippen LogP contribution in [0.15, 0.2) is 48.6 Å². The van der Waals surface area contributed by atoms with Crippen molar-refractivity contribution in [1.82, 2.24) is 0 Å². The van der Waals surface area contributed by atoms with E-state index in [2.05, 4.69) is 0 Å². The molecule has 2 unspecified atom stereocenters. The largest absolute Gasteiger partial charge is 0.290 e. The molecule has 16 heavy (non-hydrogen) atoms. The van der Waals surface area contributed by atoms with Crippen molar-refractivity contribution in [3.63, 3.8) is 0 Å². The van der Waals surface area contributed by atoms with E-state index in [1.54, 1.807) is 12.1 Å². The van der Waals surface area contributed by atoms with Gasteiger partial charge in [-0.15, -0.1) is 0 Å². The van der Waals surface area contributed by atoms with Crippen LogP contribution in [0.5, 0.6) is 0 Å². The van der Waals surface area contributed by atoms with Crippen LogP contribution < -0.4 is 0 Å². The lowest BCUT2D eigenvalue weighted by atomic mass is 9.72. The number of carbonyl (C=O) groups is 2. The van der Waals surface area contributed by atoms with E-state index in [-0.39, 0.29) is 23.4 Å². The third-order valence-electron chi connectivity index (χ3n) is 3.23. The molecular formula is C14H10O2. The molecule has 78 valence electrons. The Bertz CT molecular complexity index is 537. The Morgan fingerprint density at radius 1 is 0.875 bits per heavy atom. The highest BCUT2D eigenvalue weighted by Crippen LogP contribution is 2.37. The maximum absolute atomic E-state index is 11.9. The number of Topliss-reactive ketones (excluding diaryl/α,β-unsaturated/α-hetero) is 2. The molecule has 1 aromatic rings. The summed E-state index contributed by atoms with van der Waals surface area (Å²) in [5.74, 6) is -0.903. The maximum Gasteiger partial charge on any atom is 0.229 e. The Labute approximate surface area is 93.3 Å². The molecule has 0 heterocycles. The van der Waals surface area contributed by atoms with Gasteiger partial charge >= 0.3 is 0 Å². The van der Waals surface area contributed by atoms with Gasteiger partial charge in [0.05, 0.1) is 5.92 Å². The maximum atomic E-state index is 11.9. The highest BCUT2D eigenvalue weighted by Gasteiger charge is 2.38. The minimum atomic E-state index is -0.350. The molecule has 0 amide bonds. The van der Waals surface area contributed by atoms with E-state index in [1.807, 2.05) is 36.4 Å². The monoisotopic (exact) mass is 210 g/mol. The van der Waals surface area contributed by atoms with Gasteiger partial charge in [-0.2, -0.15) is 0 Å². The SMILES string of the molecule is O=C1C(=O)C2C=CC=CC2c2ccccc21. The summed E-state index contributed by atoms with van der Waals surface area (Å²) in [6.45, 7) is 0. The van der Waals surface area contributed by atoms with Gasteiger partial charge in [-0.05, 0) is 5.56 Å². The van der Waals surface area contributed by atoms with Crippen molar-refractivity contribution >= 4 is 11.6 Å². The van der Waals surface area contributed by atoms with Crippen molar-refractivity contribution < 1.29 is 9.59 Å². The van der Waals surface area contributed by atoms with E-state index in [0.29, 0.717) is 5.56 Å². The third kappa shape index (κ3) is 1.13. The second-order valence-corrected chi connectivity index (χ2v) is 4.10. The number of rotatable bonds is 0. The number of allylic oxidation sites excluding steroid dienone is 4. The summed E-state index contributed by atoms with van der Waals surface area (Å²) in [4.78, 5) is 23.8. The topological polar surface area (TPSA) is 34.1 Å². The van der Waals surface area contributed by atoms with Crippen LogP contribution in [0.4, 0.5) is 0 Å². The summed E-state index contributed by atoms with van der Waals surface area (Å²) in [5, 5.41) is 0. The molecule has 2 aliphatic carbocycles. The van der Waals surface area contributed by atoms with Gasteiger partial charge in [-0.25, -0.2) is 0 Å². The average Bonchev–Trinajstić information content (AvgIpc) is 2.36. The summed E-state index contributed by atoms with van der Waals surface area (Å²) >= 11 is 0. The standard InChI is InChI=1S/C14H10O2/c15-13-11-7-3-1-5-9(11)10-6-2-4-8-12(10)14(13)16/h1-9,11H. The van der Waals surface area contributed by atoms with E-state index in [0.717, 1.165) is 5.56 Å². The molecule has 0 saturated carbocycles. The molecular weight excluding hydrogens is 200 g/mol. The first-order chi connectivity index (χ1) is 7.79. The number of ketones is 2. The Hall–Kier alpha value is -1.96. The quantitative estimate of drug-likeness (QED) is 0.615. The van der Waals surface area contributed by atoms with E-state index < -0.39 is 0 Å². The second kappa shape index (κ2) is 3.27. The first-order valence-corrected chi connectivity index (χ1v) is 5.31. The predicted octanol–water partition coefficient (Wildman–Crippen LogP) is 2.28. The predicted molar refractivity (Wildman–Crippen MR) is 60.3 cm³/mol. The number of fused-ring (bicyclic) bond motifs is 3. The fraction of sp³-hybridized carbons (Fsp3) is 0.143. The molecule has 0 fully saturated rings. The Kier molecular flexibility index (Phi) is 1.90. The smallest absolute Gasteiger partial charge is 0.229 e. The summed E-state index contributed by atoms with van der Waals surface area (Å²) in [5.41, 5.74) is 1.53. The lowest BCUT2D eigenvalue weighted by Crippen LogP contribution is -2.34. The first kappa shape index (κ1) is 9.28. The van der Waals surface area contributed by atoms with Crippen LogP contribution >= 0.6 is 0 Å². The average molecular weight is 210 g/mol. The van der Waals surface area contributed by atoms with Crippen LogP contribution in [-0.2, 0) is 4.79 Å². The highest BCUT2D eigenvalue weighted by molar-refractivity contribution is 6.46. The van der Waals surface area contributed by atoms with Gasteiger partial charge in [-0.3, -0.25) is 9.59 Å². The molecule has 0 bridgehead atoms. The molecule has 0 N–H and O–H groups in total. The van der Waals surface area contributed by atoms with Crippen LogP contribution in [0, 0.1) is 5.92 Å². The molecule has 2 aliphatic rings. The minimum absolute atomic E-state index is 0.0337. The van der Waals surface area contributed by atoms with Crippen molar-refractivity contribution in [2.75, 3.05) is 0 Å². The lowest BCUT2D eigenvalue weighted by molar-refractivity contribution is -0.118. The molecule has 0 saturated heterocycles. The lowest BCUT2D eigenvalue weighted by Gasteiger charge is -2.29. The molecule has 1 aromatic carbocycles. The van der Waals surface area contributed by atoms with E-state index >= 15 is 0 Å². The molecule has 0 radical (unpaired) electrons. The minimum Gasteiger partial charge on any atom is -0.290 e. The van der Waals surface area contributed by atoms with Gasteiger partial charge in [0.1, 0.15) is 0 Å². The molecule has 0 aromatic heterocycles. The summed E-state index contributed by atoms with van der Waals surface area (Å²) in [6.07, 6.45) is 7.58. The summed E-state index contributed by atoms with van der Waals surface area (Å²) in [6, 6.07) is 7.37. The molecule has 0 spiro atoms. The van der Waals surface area contributed by atoms with E-state index in [9.17, 15) is 9.59 Å². The van der Waals surface area contributed by atoms with Gasteiger partial charge in [0, 0.05) is 11.5 Å². The molecule has 0 aliphatic heterocycles. The van der Waals surface area contributed by atoms with Crippen molar-refractivity contribution in [3.8, 4) is 0 Å². The van der Waals surface area contributed by atoms with Crippen LogP contribution in [0.3, 0.4) is 0 Å². The number of hydrogen-bond acceptors (Lipinski definition) is 2. The Morgan fingerprint density at radius 2 is 1.56 bits per heavy atom. The Morgan fingerprint density at radius 3 is 2.38 bits per heavy atom. The van der Waals surface area contributed by atoms with Gasteiger partial charge in [0.15, 0.2) is 0 Å². The number of hydrogen-bond donors (Lipinski definition) is 0. The third-order valence-corrected chi connectivity index (χ3v) is 3.23. The zero-order valence-electron chi connectivity index (χ0n) is 8.59. The summed E-state index contributed by atoms with van der Waals surface area (Å²) < 4.78 is 0. The fourth-order valence-electron chi connectivity index (χ4n) is 2.43. The van der Waals surface area contributed by atoms with Crippen LogP contribution in [-0.4, -0.2) is 11.6 Å². The van der Waals surface area contributed by atoms with Crippen molar-refractivity contribution in [1.29, 1.82) is 0 Å². The van der Waals surface area contributed by atoms with E-state index in [1.165, 1.54) is 0 Å². The van der Waals surface area contributed by atoms with E-state index in [4.69, 9.17) is 0 Å². The van der Waals surface area contributed by atoms with Gasteiger partial charge in [-0.1, -0.05) is 48.6 Å². The second-order valence-electron chi connectivity index (χ2n) is 4.10. The zero-order valence-corrected chi connectivity index (χ0v) is 8.59. The summed E-state index contributed by atoms with van der Waals surface area (Å²) in [7, 11) is 0.